The number of ether oxygens (including phenoxy) is 3. The van der Waals surface area contributed by atoms with Gasteiger partial charge in [-0.1, -0.05) is 50.3 Å². The number of alkyl carbamates (subject to hydrolysis) is 1. The zero-order valence-electron chi connectivity index (χ0n) is 32.6. The normalized spacial score (nSPS) is 27.0. The van der Waals surface area contributed by atoms with Gasteiger partial charge in [-0.3, -0.25) is 14.2 Å². The van der Waals surface area contributed by atoms with E-state index in [9.17, 15) is 32.6 Å². The van der Waals surface area contributed by atoms with Crippen LogP contribution in [0, 0.1) is 24.5 Å². The Morgan fingerprint density at radius 1 is 1.00 bits per heavy atom. The van der Waals surface area contributed by atoms with Crippen LogP contribution in [0.3, 0.4) is 0 Å². The van der Waals surface area contributed by atoms with Gasteiger partial charge in [0.1, 0.15) is 47.0 Å². The van der Waals surface area contributed by atoms with E-state index in [4.69, 9.17) is 14.2 Å². The van der Waals surface area contributed by atoms with Crippen LogP contribution in [-0.2, 0) is 25.1 Å². The second-order valence-electron chi connectivity index (χ2n) is 16.1. The quantitative estimate of drug-likeness (QED) is 0.185. The average molecular weight is 811 g/mol. The number of rotatable bonds is 9. The number of benzene rings is 2. The summed E-state index contributed by atoms with van der Waals surface area (Å²) in [4.78, 5) is 60.3. The number of para-hydroxylation sites is 1. The number of amides is 3. The minimum atomic E-state index is -4.51. The van der Waals surface area contributed by atoms with Crippen molar-refractivity contribution in [2.45, 2.75) is 133 Å². The van der Waals surface area contributed by atoms with Crippen LogP contribution < -0.4 is 20.1 Å². The van der Waals surface area contributed by atoms with Gasteiger partial charge in [0.05, 0.1) is 24.8 Å². The minimum Gasteiger partial charge on any atom is -0.488 e. The lowest BCUT2D eigenvalue weighted by Crippen LogP contribution is -2.55. The van der Waals surface area contributed by atoms with E-state index in [0.29, 0.717) is 48.4 Å². The van der Waals surface area contributed by atoms with Crippen molar-refractivity contribution in [3.8, 4) is 11.6 Å². The molecule has 1 aromatic heterocycles. The van der Waals surface area contributed by atoms with Crippen LogP contribution >= 0.6 is 7.37 Å². The number of hydrogen-bond donors (Lipinski definition) is 3. The van der Waals surface area contributed by atoms with Gasteiger partial charge in [0.25, 0.3) is 0 Å². The Hall–Kier alpha value is -4.29. The van der Waals surface area contributed by atoms with Gasteiger partial charge in [0, 0.05) is 23.4 Å². The Kier molecular flexibility index (Phi) is 12.4. The summed E-state index contributed by atoms with van der Waals surface area (Å²) in [7, 11) is -4.51. The predicted molar refractivity (Wildman–Crippen MR) is 209 cm³/mol. The van der Waals surface area contributed by atoms with Crippen LogP contribution in [0.5, 0.6) is 11.6 Å². The van der Waals surface area contributed by atoms with E-state index in [1.165, 1.54) is 11.0 Å². The van der Waals surface area contributed by atoms with Gasteiger partial charge >= 0.3 is 6.09 Å². The molecule has 0 bridgehead atoms. The van der Waals surface area contributed by atoms with Crippen molar-refractivity contribution < 1.29 is 46.8 Å². The molecule has 3 heterocycles. The molecule has 2 aliphatic carbocycles. The first-order chi connectivity index (χ1) is 27.4. The average Bonchev–Trinajstić information content (AvgIpc) is 3.43. The summed E-state index contributed by atoms with van der Waals surface area (Å²) >= 11 is 0. The molecule has 12 nitrogen and oxygen atoms in total. The lowest BCUT2D eigenvalue weighted by atomic mass is 10.0. The molecule has 2 saturated carbocycles. The fourth-order valence-corrected chi connectivity index (χ4v) is 11.4. The zero-order valence-corrected chi connectivity index (χ0v) is 33.5. The molecule has 15 heteroatoms. The number of nitrogens with one attached hydrogen (secondary N) is 2. The zero-order chi connectivity index (χ0) is 40.3. The summed E-state index contributed by atoms with van der Waals surface area (Å²) in [5.41, 5.74) is 1.07. The SMILES string of the molecule is CCOc1cc(O[C@@H]2C[C@H]3C(=O)N[C@]4(P(=O)(O)Cc5c(F)cccc5F)C[C@H]4CCCCCCC[C@H](NC(=O)OC4CCCC4)C(=O)N3C2)c2cccc(C)c2n1. The van der Waals surface area contributed by atoms with E-state index in [1.54, 1.807) is 6.07 Å². The summed E-state index contributed by atoms with van der Waals surface area (Å²) in [5, 5.41) is 4.78. The maximum absolute atomic E-state index is 14.8. The van der Waals surface area contributed by atoms with Gasteiger partial charge in [-0.2, -0.15) is 0 Å². The third kappa shape index (κ3) is 8.92. The molecular weight excluding hydrogens is 757 g/mol. The highest BCUT2D eigenvalue weighted by Gasteiger charge is 2.66. The van der Waals surface area contributed by atoms with Gasteiger partial charge in [0.15, 0.2) is 0 Å². The van der Waals surface area contributed by atoms with E-state index in [-0.39, 0.29) is 25.5 Å². The van der Waals surface area contributed by atoms with Crippen molar-refractivity contribution in [3.05, 3.63) is 65.2 Å². The Bertz CT molecular complexity index is 2010. The molecule has 57 heavy (non-hydrogen) atoms. The molecule has 308 valence electrons. The van der Waals surface area contributed by atoms with Gasteiger partial charge in [-0.15, -0.1) is 0 Å². The summed E-state index contributed by atoms with van der Waals surface area (Å²) in [6.45, 7) is 4.12. The molecule has 4 fully saturated rings. The highest BCUT2D eigenvalue weighted by Crippen LogP contribution is 2.71. The molecule has 3 aromatic rings. The molecule has 7 rings (SSSR count). The van der Waals surface area contributed by atoms with Crippen molar-refractivity contribution in [2.24, 2.45) is 5.92 Å². The highest BCUT2D eigenvalue weighted by atomic mass is 31.2. The fraction of sp³-hybridized carbons (Fsp3) is 0.571. The van der Waals surface area contributed by atoms with Crippen molar-refractivity contribution in [3.63, 3.8) is 0 Å². The molecule has 0 radical (unpaired) electrons. The van der Waals surface area contributed by atoms with Crippen LogP contribution in [0.1, 0.15) is 102 Å². The highest BCUT2D eigenvalue weighted by molar-refractivity contribution is 7.59. The van der Waals surface area contributed by atoms with E-state index >= 15 is 0 Å². The maximum atomic E-state index is 14.8. The fourth-order valence-electron chi connectivity index (χ4n) is 8.93. The van der Waals surface area contributed by atoms with Crippen LogP contribution in [-0.4, -0.2) is 75.4 Å². The van der Waals surface area contributed by atoms with Crippen molar-refractivity contribution in [1.82, 2.24) is 20.5 Å². The molecule has 1 unspecified atom stereocenters. The molecule has 2 aliphatic heterocycles. The van der Waals surface area contributed by atoms with Crippen LogP contribution in [0.25, 0.3) is 10.9 Å². The smallest absolute Gasteiger partial charge is 0.408 e. The number of carbonyl (C=O) groups is 3. The first kappa shape index (κ1) is 40.9. The van der Waals surface area contributed by atoms with E-state index in [2.05, 4.69) is 15.6 Å². The summed E-state index contributed by atoms with van der Waals surface area (Å²) in [6, 6.07) is 8.47. The largest absolute Gasteiger partial charge is 0.488 e. The molecule has 6 atom stereocenters. The van der Waals surface area contributed by atoms with Crippen LogP contribution in [0.2, 0.25) is 0 Å². The second-order valence-corrected chi connectivity index (χ2v) is 18.6. The standard InChI is InChI=1S/C42H53F2N4O8P/c1-3-54-37-22-36(30-17-11-13-26(2)38(30)46-37)55-29-21-35-39(49)47-42(57(52,53)25-31-32(43)18-12-19-33(31)44)23-27(42)14-7-5-4-6-8-20-34(40(50)48(35)24-29)45-41(51)56-28-15-9-10-16-28/h11-13,17-19,22,27-29,34-35H,3-10,14-16,20-21,23-25H2,1-2H3,(H,45,51)(H,47,49)(H,52,53)/t27-,29-,34+,35+,42+/m1/s1. The monoisotopic (exact) mass is 810 g/mol. The van der Waals surface area contributed by atoms with Crippen molar-refractivity contribution >= 4 is 36.2 Å². The third-order valence-electron chi connectivity index (χ3n) is 12.1. The number of aryl methyl sites for hydroxylation is 1. The topological polar surface area (TPSA) is 156 Å². The van der Waals surface area contributed by atoms with Crippen molar-refractivity contribution in [1.29, 1.82) is 0 Å². The van der Waals surface area contributed by atoms with E-state index < -0.39 is 78.0 Å². The van der Waals surface area contributed by atoms with Gasteiger partial charge in [-0.05, 0) is 88.5 Å². The molecule has 2 saturated heterocycles. The number of hydrogen-bond acceptors (Lipinski definition) is 8. The molecule has 3 N–H and O–H groups in total. The lowest BCUT2D eigenvalue weighted by molar-refractivity contribution is -0.140. The molecule has 0 spiro atoms. The summed E-state index contributed by atoms with van der Waals surface area (Å²) in [5.74, 6) is -2.64. The minimum absolute atomic E-state index is 0.0227. The molecular formula is C42H53F2N4O8P. The maximum Gasteiger partial charge on any atom is 0.408 e. The Morgan fingerprint density at radius 2 is 1.68 bits per heavy atom. The van der Waals surface area contributed by atoms with E-state index in [1.807, 2.05) is 32.0 Å². The number of halogens is 2. The number of carbonyl (C=O) groups excluding carboxylic acids is 3. The number of fused-ring (bicyclic) bond motifs is 3. The van der Waals surface area contributed by atoms with Crippen LogP contribution in [0.4, 0.5) is 13.6 Å². The van der Waals surface area contributed by atoms with Gasteiger partial charge in [-0.25, -0.2) is 18.6 Å². The summed E-state index contributed by atoms with van der Waals surface area (Å²) < 4.78 is 62.1. The lowest BCUT2D eigenvalue weighted by Gasteiger charge is -2.31. The number of aromatic nitrogens is 1. The Labute approximate surface area is 331 Å². The molecule has 2 aromatic carbocycles. The molecule has 4 aliphatic rings. The van der Waals surface area contributed by atoms with Gasteiger partial charge in [0.2, 0.25) is 25.1 Å². The van der Waals surface area contributed by atoms with Crippen molar-refractivity contribution in [2.75, 3.05) is 13.2 Å². The van der Waals surface area contributed by atoms with Crippen LogP contribution in [0.15, 0.2) is 42.5 Å². The third-order valence-corrected chi connectivity index (χ3v) is 14.7. The first-order valence-electron chi connectivity index (χ1n) is 20.4. The Morgan fingerprint density at radius 3 is 2.42 bits per heavy atom. The second kappa shape index (κ2) is 17.3. The number of nitrogens with zero attached hydrogens (tertiary/aromatic N) is 2. The summed E-state index contributed by atoms with van der Waals surface area (Å²) in [6.07, 6.45) is 5.86. The van der Waals surface area contributed by atoms with E-state index in [0.717, 1.165) is 69.1 Å². The number of pyridine rings is 1. The van der Waals surface area contributed by atoms with Gasteiger partial charge < -0.3 is 34.6 Å². The predicted octanol–water partition coefficient (Wildman–Crippen LogP) is 7.65. The Balaban J connectivity index is 1.21. The first-order valence-corrected chi connectivity index (χ1v) is 22.3. The molecule has 3 amide bonds.